The minimum absolute atomic E-state index is 0.248. The van der Waals surface area contributed by atoms with E-state index in [9.17, 15) is 0 Å². The van der Waals surface area contributed by atoms with E-state index in [0.717, 1.165) is 12.3 Å². The van der Waals surface area contributed by atoms with Crippen LogP contribution >= 0.6 is 0 Å². The van der Waals surface area contributed by atoms with Gasteiger partial charge in [0.05, 0.1) is 0 Å². The van der Waals surface area contributed by atoms with Gasteiger partial charge in [-0.3, -0.25) is 0 Å². The van der Waals surface area contributed by atoms with Crippen LogP contribution in [0.25, 0.3) is 0 Å². The zero-order chi connectivity index (χ0) is 12.1. The van der Waals surface area contributed by atoms with Crippen molar-refractivity contribution in [3.05, 3.63) is 35.4 Å². The molecule has 94 valence electrons. The fraction of sp³-hybridized carbons (Fsp3) is 0.625. The van der Waals surface area contributed by atoms with Gasteiger partial charge in [-0.15, -0.1) is 0 Å². The van der Waals surface area contributed by atoms with Gasteiger partial charge in [0.1, 0.15) is 0 Å². The predicted molar refractivity (Wildman–Crippen MR) is 74.1 cm³/mol. The van der Waals surface area contributed by atoms with E-state index in [4.69, 9.17) is 5.73 Å². The standard InChI is InChI=1S/C16H25N/c1-2-3-4-12-16(17)15-11-6-5-10-14(15)13-8-7-9-13/h5-6,10-11,13,16H,2-4,7-9,12,17H2,1H3. The number of rotatable bonds is 6. The van der Waals surface area contributed by atoms with Crippen LogP contribution in [0.2, 0.25) is 0 Å². The van der Waals surface area contributed by atoms with E-state index in [-0.39, 0.29) is 6.04 Å². The Hall–Kier alpha value is -0.820. The molecular weight excluding hydrogens is 206 g/mol. The van der Waals surface area contributed by atoms with Gasteiger partial charge in [0.25, 0.3) is 0 Å². The van der Waals surface area contributed by atoms with Crippen LogP contribution in [-0.2, 0) is 0 Å². The first-order chi connectivity index (χ1) is 8.33. The lowest BCUT2D eigenvalue weighted by atomic mass is 9.77. The first-order valence-electron chi connectivity index (χ1n) is 7.17. The first-order valence-corrected chi connectivity index (χ1v) is 7.17. The Kier molecular flexibility index (Phi) is 4.61. The highest BCUT2D eigenvalue weighted by Crippen LogP contribution is 2.39. The normalized spacial score (nSPS) is 17.8. The molecule has 2 rings (SSSR count). The maximum atomic E-state index is 6.35. The first kappa shape index (κ1) is 12.6. The van der Waals surface area contributed by atoms with Crippen molar-refractivity contribution >= 4 is 0 Å². The monoisotopic (exact) mass is 231 g/mol. The fourth-order valence-corrected chi connectivity index (χ4v) is 2.71. The van der Waals surface area contributed by atoms with Crippen LogP contribution in [0.1, 0.15) is 75.0 Å². The summed E-state index contributed by atoms with van der Waals surface area (Å²) in [6.07, 6.45) is 9.09. The van der Waals surface area contributed by atoms with Crippen LogP contribution in [0.3, 0.4) is 0 Å². The highest BCUT2D eigenvalue weighted by atomic mass is 14.6. The molecule has 0 aromatic heterocycles. The smallest absolute Gasteiger partial charge is 0.0297 e. The lowest BCUT2D eigenvalue weighted by Gasteiger charge is -2.29. The average Bonchev–Trinajstić information content (AvgIpc) is 2.28. The molecule has 0 radical (unpaired) electrons. The minimum Gasteiger partial charge on any atom is -0.324 e. The Bertz CT molecular complexity index is 341. The van der Waals surface area contributed by atoms with E-state index in [1.54, 1.807) is 0 Å². The van der Waals surface area contributed by atoms with Crippen molar-refractivity contribution in [2.24, 2.45) is 5.73 Å². The van der Waals surface area contributed by atoms with E-state index in [1.807, 2.05) is 0 Å². The molecule has 1 unspecified atom stereocenters. The molecule has 1 aromatic carbocycles. The van der Waals surface area contributed by atoms with E-state index in [1.165, 1.54) is 49.7 Å². The van der Waals surface area contributed by atoms with Gasteiger partial charge in [0.2, 0.25) is 0 Å². The Labute approximate surface area is 105 Å². The summed E-state index contributed by atoms with van der Waals surface area (Å²) in [6, 6.07) is 9.08. The highest BCUT2D eigenvalue weighted by molar-refractivity contribution is 5.33. The number of nitrogens with two attached hydrogens (primary N) is 1. The fourth-order valence-electron chi connectivity index (χ4n) is 2.71. The Morgan fingerprint density at radius 1 is 1.24 bits per heavy atom. The van der Waals surface area contributed by atoms with Gasteiger partial charge in [0.15, 0.2) is 0 Å². The van der Waals surface area contributed by atoms with Crippen molar-refractivity contribution in [1.29, 1.82) is 0 Å². The third-order valence-electron chi connectivity index (χ3n) is 4.06. The molecule has 1 aromatic rings. The van der Waals surface area contributed by atoms with Gasteiger partial charge in [-0.1, -0.05) is 56.9 Å². The van der Waals surface area contributed by atoms with Gasteiger partial charge in [-0.2, -0.15) is 0 Å². The molecule has 17 heavy (non-hydrogen) atoms. The third-order valence-corrected chi connectivity index (χ3v) is 4.06. The molecule has 0 aliphatic heterocycles. The van der Waals surface area contributed by atoms with Crippen LogP contribution in [0.4, 0.5) is 0 Å². The van der Waals surface area contributed by atoms with Gasteiger partial charge in [0, 0.05) is 6.04 Å². The van der Waals surface area contributed by atoms with Crippen LogP contribution in [-0.4, -0.2) is 0 Å². The van der Waals surface area contributed by atoms with Crippen molar-refractivity contribution in [2.75, 3.05) is 0 Å². The van der Waals surface area contributed by atoms with Crippen molar-refractivity contribution in [3.63, 3.8) is 0 Å². The summed E-state index contributed by atoms with van der Waals surface area (Å²) in [5.74, 6) is 0.795. The second kappa shape index (κ2) is 6.20. The summed E-state index contributed by atoms with van der Waals surface area (Å²) < 4.78 is 0. The molecular formula is C16H25N. The molecule has 1 atom stereocenters. The molecule has 0 bridgehead atoms. The van der Waals surface area contributed by atoms with Crippen molar-refractivity contribution in [1.82, 2.24) is 0 Å². The number of hydrogen-bond donors (Lipinski definition) is 1. The molecule has 0 saturated heterocycles. The third kappa shape index (κ3) is 3.10. The second-order valence-electron chi connectivity index (χ2n) is 5.36. The van der Waals surface area contributed by atoms with Crippen molar-refractivity contribution in [3.8, 4) is 0 Å². The molecule has 0 spiro atoms. The zero-order valence-corrected chi connectivity index (χ0v) is 11.0. The molecule has 1 aliphatic carbocycles. The Morgan fingerprint density at radius 2 is 2.00 bits per heavy atom. The van der Waals surface area contributed by atoms with E-state index in [2.05, 4.69) is 31.2 Å². The maximum Gasteiger partial charge on any atom is 0.0297 e. The molecule has 0 amide bonds. The quantitative estimate of drug-likeness (QED) is 0.715. The SMILES string of the molecule is CCCCCC(N)c1ccccc1C1CCC1. The topological polar surface area (TPSA) is 26.0 Å². The molecule has 1 nitrogen and oxygen atoms in total. The average molecular weight is 231 g/mol. The van der Waals surface area contributed by atoms with Gasteiger partial charge in [-0.05, 0) is 36.3 Å². The maximum absolute atomic E-state index is 6.35. The van der Waals surface area contributed by atoms with Crippen LogP contribution < -0.4 is 5.73 Å². The summed E-state index contributed by atoms with van der Waals surface area (Å²) in [6.45, 7) is 2.24. The van der Waals surface area contributed by atoms with Crippen LogP contribution in [0.5, 0.6) is 0 Å². The zero-order valence-electron chi connectivity index (χ0n) is 11.0. The highest BCUT2D eigenvalue weighted by Gasteiger charge is 2.23. The molecule has 0 heterocycles. The molecule has 2 N–H and O–H groups in total. The van der Waals surface area contributed by atoms with Crippen LogP contribution in [0.15, 0.2) is 24.3 Å². The van der Waals surface area contributed by atoms with Gasteiger partial charge >= 0.3 is 0 Å². The summed E-state index contributed by atoms with van der Waals surface area (Å²) in [5, 5.41) is 0. The van der Waals surface area contributed by atoms with Gasteiger partial charge in [-0.25, -0.2) is 0 Å². The number of unbranched alkanes of at least 4 members (excludes halogenated alkanes) is 2. The number of benzene rings is 1. The van der Waals surface area contributed by atoms with Crippen molar-refractivity contribution in [2.45, 2.75) is 63.8 Å². The summed E-state index contributed by atoms with van der Waals surface area (Å²) in [7, 11) is 0. The molecule has 1 fully saturated rings. The minimum atomic E-state index is 0.248. The molecule has 1 heteroatoms. The molecule has 1 saturated carbocycles. The van der Waals surface area contributed by atoms with E-state index >= 15 is 0 Å². The summed E-state index contributed by atoms with van der Waals surface area (Å²) in [4.78, 5) is 0. The molecule has 1 aliphatic rings. The lowest BCUT2D eigenvalue weighted by molar-refractivity contribution is 0.413. The number of hydrogen-bond acceptors (Lipinski definition) is 1. The van der Waals surface area contributed by atoms with E-state index < -0.39 is 0 Å². The summed E-state index contributed by atoms with van der Waals surface area (Å²) in [5.41, 5.74) is 9.29. The second-order valence-corrected chi connectivity index (χ2v) is 5.36. The van der Waals surface area contributed by atoms with Gasteiger partial charge < -0.3 is 5.73 Å². The van der Waals surface area contributed by atoms with E-state index in [0.29, 0.717) is 0 Å². The lowest BCUT2D eigenvalue weighted by Crippen LogP contribution is -2.17. The Balaban J connectivity index is 2.02. The van der Waals surface area contributed by atoms with Crippen LogP contribution in [0, 0.1) is 0 Å². The summed E-state index contributed by atoms with van der Waals surface area (Å²) >= 11 is 0. The van der Waals surface area contributed by atoms with Crippen molar-refractivity contribution < 1.29 is 0 Å². The Morgan fingerprint density at radius 3 is 2.65 bits per heavy atom. The predicted octanol–water partition coefficient (Wildman–Crippen LogP) is 4.53. The largest absolute Gasteiger partial charge is 0.324 e.